The van der Waals surface area contributed by atoms with Crippen molar-refractivity contribution < 1.29 is 47.9 Å². The van der Waals surface area contributed by atoms with E-state index in [1.807, 2.05) is 0 Å². The third kappa shape index (κ3) is 16.8. The maximum atomic E-state index is 6.88. The van der Waals surface area contributed by atoms with Crippen LogP contribution in [0.5, 0.6) is 0 Å². The predicted octanol–water partition coefficient (Wildman–Crippen LogP) is 3.67. The van der Waals surface area contributed by atoms with Crippen molar-refractivity contribution in [1.29, 1.82) is 0 Å². The Bertz CT molecular complexity index is 549. The van der Waals surface area contributed by atoms with Crippen molar-refractivity contribution in [3.63, 3.8) is 0 Å². The van der Waals surface area contributed by atoms with Crippen LogP contribution in [0.3, 0.4) is 0 Å². The molecule has 0 aromatic carbocycles. The molecule has 16 nitrogen and oxygen atoms in total. The van der Waals surface area contributed by atoms with E-state index in [9.17, 15) is 0 Å². The van der Waals surface area contributed by atoms with Gasteiger partial charge in [-0.05, 0) is 0 Å². The van der Waals surface area contributed by atoms with Crippen molar-refractivity contribution >= 4 is 89.2 Å². The minimum atomic E-state index is -5.15. The van der Waals surface area contributed by atoms with Crippen molar-refractivity contribution in [2.45, 2.75) is 83.1 Å². The summed E-state index contributed by atoms with van der Waals surface area (Å²) in [5.74, 6) is 0. The Morgan fingerprint density at radius 1 is 0.244 bits per heavy atom. The SMILES string of the molecule is CC[O][Sn]([O]CC)([O]CC)[O][Si]([O][Sn]([O]CC)([O]CC)[O]CC)([O][Sn]([O]CC)([O]CC)[O]CC)[O][Sn]([O]CC)([O]CC)[O]CC. The van der Waals surface area contributed by atoms with Gasteiger partial charge in [0.25, 0.3) is 0 Å². The van der Waals surface area contributed by atoms with Gasteiger partial charge < -0.3 is 0 Å². The van der Waals surface area contributed by atoms with Crippen LogP contribution in [0.15, 0.2) is 0 Å². The van der Waals surface area contributed by atoms with E-state index < -0.39 is 89.2 Å². The molecule has 0 atom stereocenters. The molecule has 0 radical (unpaired) electrons. The standard InChI is InChI=1S/12C2H5O.O4Si.4Sn/c12*1-2-3;1-5(2,3)4;;;;/h12*2H2,1H3;;;;;/q12*-1;-4;4*+4. The van der Waals surface area contributed by atoms with Gasteiger partial charge >= 0.3 is 299 Å². The zero-order valence-electron chi connectivity index (χ0n) is 29.5. The molecule has 45 heavy (non-hydrogen) atoms. The number of hydrogen-bond acceptors (Lipinski definition) is 16. The van der Waals surface area contributed by atoms with E-state index in [0.29, 0.717) is 0 Å². The third-order valence-corrected chi connectivity index (χ3v) is 46.0. The van der Waals surface area contributed by atoms with E-state index in [-0.39, 0.29) is 79.3 Å². The molecule has 0 spiro atoms. The van der Waals surface area contributed by atoms with Crippen molar-refractivity contribution in [3.8, 4) is 0 Å². The van der Waals surface area contributed by atoms with Crippen LogP contribution in [0, 0.1) is 0 Å². The van der Waals surface area contributed by atoms with Gasteiger partial charge in [0.1, 0.15) is 0 Å². The maximum absolute atomic E-state index is 6.88. The predicted molar refractivity (Wildman–Crippen MR) is 173 cm³/mol. The molecule has 0 aromatic rings. The molecule has 0 amide bonds. The quantitative estimate of drug-likeness (QED) is 0.0903. The molecule has 0 rings (SSSR count). The molecule has 0 aromatic heterocycles. The number of hydrogen-bond donors (Lipinski definition) is 0. The van der Waals surface area contributed by atoms with E-state index in [1.165, 1.54) is 0 Å². The van der Waals surface area contributed by atoms with E-state index in [1.54, 1.807) is 83.1 Å². The first kappa shape index (κ1) is 47.8. The summed E-state index contributed by atoms with van der Waals surface area (Å²) in [6, 6.07) is 0. The molecular weight excluding hydrogens is 1050 g/mol. The van der Waals surface area contributed by atoms with Crippen LogP contribution in [0.4, 0.5) is 0 Å². The molecule has 0 heterocycles. The molecule has 0 aliphatic heterocycles. The van der Waals surface area contributed by atoms with Gasteiger partial charge in [0.15, 0.2) is 0 Å². The minimum absolute atomic E-state index is 0.199. The molecule has 0 fully saturated rings. The molecule has 0 bridgehead atoms. The monoisotopic (exact) mass is 1110 g/mol. The Kier molecular flexibility index (Phi) is 28.2. The Labute approximate surface area is 296 Å². The second-order valence-corrected chi connectivity index (χ2v) is 38.2. The van der Waals surface area contributed by atoms with Crippen molar-refractivity contribution in [2.24, 2.45) is 0 Å². The van der Waals surface area contributed by atoms with Crippen LogP contribution >= 0.6 is 0 Å². The topological polar surface area (TPSA) is 148 Å². The average Bonchev–Trinajstić information content (AvgIpc) is 2.94. The molecular formula is C24H60O16SiSn4. The van der Waals surface area contributed by atoms with Gasteiger partial charge in [-0.25, -0.2) is 0 Å². The van der Waals surface area contributed by atoms with Crippen molar-refractivity contribution in [1.82, 2.24) is 0 Å². The molecule has 0 aliphatic rings. The van der Waals surface area contributed by atoms with Crippen LogP contribution in [-0.2, 0) is 47.9 Å². The second kappa shape index (κ2) is 26.5. The Morgan fingerprint density at radius 3 is 0.444 bits per heavy atom. The first-order valence-corrected chi connectivity index (χ1v) is 36.3. The van der Waals surface area contributed by atoms with Crippen LogP contribution in [0.1, 0.15) is 83.1 Å². The van der Waals surface area contributed by atoms with Gasteiger partial charge in [0, 0.05) is 0 Å². The summed E-state index contributed by atoms with van der Waals surface area (Å²) in [5, 5.41) is 0. The fourth-order valence-electron chi connectivity index (χ4n) is 3.71. The first-order valence-electron chi connectivity index (χ1n) is 16.0. The van der Waals surface area contributed by atoms with Crippen LogP contribution < -0.4 is 0 Å². The van der Waals surface area contributed by atoms with E-state index in [4.69, 9.17) is 47.9 Å². The second-order valence-electron chi connectivity index (χ2n) is 8.10. The van der Waals surface area contributed by atoms with Gasteiger partial charge in [0.05, 0.1) is 0 Å². The molecule has 0 N–H and O–H groups in total. The van der Waals surface area contributed by atoms with Crippen LogP contribution in [0.25, 0.3) is 0 Å². The van der Waals surface area contributed by atoms with E-state index in [2.05, 4.69) is 0 Å². The molecule has 0 saturated carbocycles. The summed E-state index contributed by atoms with van der Waals surface area (Å²) < 4.78 is 102. The molecule has 21 heteroatoms. The van der Waals surface area contributed by atoms with Gasteiger partial charge in [-0.15, -0.1) is 0 Å². The first-order chi connectivity index (χ1) is 21.6. The summed E-state index contributed by atoms with van der Waals surface area (Å²) in [7, 11) is -4.91. The summed E-state index contributed by atoms with van der Waals surface area (Å²) >= 11 is -20.6. The average molecular weight is 1110 g/mol. The summed E-state index contributed by atoms with van der Waals surface area (Å²) in [6.07, 6.45) is 0. The van der Waals surface area contributed by atoms with E-state index in [0.717, 1.165) is 0 Å². The van der Waals surface area contributed by atoms with Crippen molar-refractivity contribution in [2.75, 3.05) is 79.3 Å². The summed E-state index contributed by atoms with van der Waals surface area (Å²) in [4.78, 5) is 0. The summed E-state index contributed by atoms with van der Waals surface area (Å²) in [6.45, 7) is 24.0. The molecule has 0 saturated heterocycles. The fourth-order valence-corrected chi connectivity index (χ4v) is 53.9. The van der Waals surface area contributed by atoms with Gasteiger partial charge in [0.2, 0.25) is 0 Å². The Hall–Kier alpha value is 2.77. The van der Waals surface area contributed by atoms with E-state index >= 15 is 0 Å². The normalized spacial score (nSPS) is 13.6. The zero-order valence-corrected chi connectivity index (χ0v) is 41.9. The zero-order chi connectivity index (χ0) is 34.3. The summed E-state index contributed by atoms with van der Waals surface area (Å²) in [5.41, 5.74) is 0. The molecule has 0 unspecified atom stereocenters. The molecule has 0 aliphatic carbocycles. The van der Waals surface area contributed by atoms with Gasteiger partial charge in [-0.1, -0.05) is 0 Å². The van der Waals surface area contributed by atoms with Crippen LogP contribution in [-0.4, -0.2) is 168 Å². The fraction of sp³-hybridized carbons (Fsp3) is 1.00. The molecule has 272 valence electrons. The Balaban J connectivity index is 8.09. The number of rotatable bonds is 32. The van der Waals surface area contributed by atoms with Crippen molar-refractivity contribution in [3.05, 3.63) is 0 Å². The Morgan fingerprint density at radius 2 is 0.356 bits per heavy atom. The van der Waals surface area contributed by atoms with Crippen LogP contribution in [0.2, 0.25) is 0 Å². The van der Waals surface area contributed by atoms with Gasteiger partial charge in [-0.2, -0.15) is 0 Å². The third-order valence-electron chi connectivity index (χ3n) is 4.85. The van der Waals surface area contributed by atoms with Gasteiger partial charge in [-0.3, -0.25) is 0 Å².